The Morgan fingerprint density at radius 3 is 2.56 bits per heavy atom. The molecule has 1 aromatic heterocycles. The second kappa shape index (κ2) is 3.26. The van der Waals surface area contributed by atoms with E-state index in [1.807, 2.05) is 0 Å². The summed E-state index contributed by atoms with van der Waals surface area (Å²) in [4.78, 5) is 12.9. The highest BCUT2D eigenvalue weighted by Crippen LogP contribution is 2.32. The van der Waals surface area contributed by atoms with E-state index in [2.05, 4.69) is 4.98 Å². The minimum absolute atomic E-state index is 0.0577. The molecule has 0 amide bonds. The number of H-pyrrole nitrogens is 1. The van der Waals surface area contributed by atoms with Gasteiger partial charge in [0.1, 0.15) is 5.69 Å². The zero-order valence-corrected chi connectivity index (χ0v) is 7.80. The van der Waals surface area contributed by atoms with Gasteiger partial charge in [0.05, 0.1) is 5.56 Å². The van der Waals surface area contributed by atoms with Crippen LogP contribution in [-0.4, -0.2) is 16.1 Å². The van der Waals surface area contributed by atoms with Crippen LogP contribution in [0.15, 0.2) is 24.3 Å². The Balaban J connectivity index is 2.71. The normalized spacial score (nSPS) is 11.9. The highest BCUT2D eigenvalue weighted by atomic mass is 19.4. The van der Waals surface area contributed by atoms with E-state index in [1.54, 1.807) is 0 Å². The van der Waals surface area contributed by atoms with Gasteiger partial charge in [-0.3, -0.25) is 0 Å². The minimum atomic E-state index is -4.51. The predicted molar refractivity (Wildman–Crippen MR) is 50.3 cm³/mol. The molecule has 2 rings (SSSR count). The lowest BCUT2D eigenvalue weighted by Gasteiger charge is -2.00. The van der Waals surface area contributed by atoms with E-state index in [0.717, 1.165) is 6.07 Å². The molecule has 2 aromatic rings. The third kappa shape index (κ3) is 1.62. The fraction of sp³-hybridized carbons (Fsp3) is 0.100. The summed E-state index contributed by atoms with van der Waals surface area (Å²) in [5.41, 5.74) is -0.937. The molecule has 0 aliphatic heterocycles. The van der Waals surface area contributed by atoms with Crippen molar-refractivity contribution in [2.45, 2.75) is 6.18 Å². The number of fused-ring (bicyclic) bond motifs is 1. The summed E-state index contributed by atoms with van der Waals surface area (Å²) < 4.78 is 37.1. The van der Waals surface area contributed by atoms with Crippen molar-refractivity contribution in [3.05, 3.63) is 35.5 Å². The molecule has 84 valence electrons. The number of halogens is 3. The Labute approximate surface area is 87.5 Å². The fourth-order valence-electron chi connectivity index (χ4n) is 1.49. The van der Waals surface area contributed by atoms with Gasteiger partial charge in [0.2, 0.25) is 0 Å². The van der Waals surface area contributed by atoms with E-state index >= 15 is 0 Å². The van der Waals surface area contributed by atoms with Gasteiger partial charge < -0.3 is 10.1 Å². The van der Waals surface area contributed by atoms with Gasteiger partial charge >= 0.3 is 12.1 Å². The third-order valence-electron chi connectivity index (χ3n) is 2.20. The van der Waals surface area contributed by atoms with Crippen molar-refractivity contribution in [2.75, 3.05) is 0 Å². The van der Waals surface area contributed by atoms with Crippen LogP contribution in [0.2, 0.25) is 0 Å². The maximum absolute atomic E-state index is 12.4. The highest BCUT2D eigenvalue weighted by Gasteiger charge is 2.33. The molecular weight excluding hydrogens is 223 g/mol. The molecule has 0 fully saturated rings. The van der Waals surface area contributed by atoms with Gasteiger partial charge in [-0.05, 0) is 18.2 Å². The fourth-order valence-corrected chi connectivity index (χ4v) is 1.49. The van der Waals surface area contributed by atoms with Crippen molar-refractivity contribution in [1.29, 1.82) is 0 Å². The lowest BCUT2D eigenvalue weighted by molar-refractivity contribution is -0.140. The molecule has 3 nitrogen and oxygen atoms in total. The highest BCUT2D eigenvalue weighted by molar-refractivity contribution is 6.03. The average molecular weight is 229 g/mol. The van der Waals surface area contributed by atoms with Crippen LogP contribution in [0.3, 0.4) is 0 Å². The van der Waals surface area contributed by atoms with Crippen LogP contribution in [0, 0.1) is 0 Å². The quantitative estimate of drug-likeness (QED) is 0.789. The third-order valence-corrected chi connectivity index (χ3v) is 2.20. The van der Waals surface area contributed by atoms with Gasteiger partial charge in [-0.1, -0.05) is 6.07 Å². The molecule has 0 bridgehead atoms. The number of carboxylic acids is 1. The van der Waals surface area contributed by atoms with Crippen molar-refractivity contribution in [2.24, 2.45) is 0 Å². The van der Waals surface area contributed by atoms with Gasteiger partial charge in [-0.25, -0.2) is 4.79 Å². The topological polar surface area (TPSA) is 53.1 Å². The van der Waals surface area contributed by atoms with Crippen molar-refractivity contribution in [1.82, 2.24) is 4.98 Å². The number of nitrogens with one attached hydrogen (secondary N) is 1. The molecule has 6 heteroatoms. The Morgan fingerprint density at radius 1 is 1.31 bits per heavy atom. The van der Waals surface area contributed by atoms with E-state index in [4.69, 9.17) is 5.11 Å². The molecule has 0 unspecified atom stereocenters. The molecule has 0 aliphatic carbocycles. The van der Waals surface area contributed by atoms with E-state index in [9.17, 15) is 18.0 Å². The van der Waals surface area contributed by atoms with E-state index in [0.29, 0.717) is 0 Å². The molecular formula is C10H6F3NO2. The van der Waals surface area contributed by atoms with Crippen molar-refractivity contribution >= 4 is 16.9 Å². The van der Waals surface area contributed by atoms with E-state index in [-0.39, 0.29) is 16.5 Å². The van der Waals surface area contributed by atoms with Gasteiger partial charge in [0.25, 0.3) is 0 Å². The van der Waals surface area contributed by atoms with Gasteiger partial charge in [0, 0.05) is 10.9 Å². The SMILES string of the molecule is O=C(O)c1cccc2[nH]c(C(F)(F)F)cc12. The Bertz CT molecular complexity index is 557. The molecule has 0 aliphatic rings. The molecule has 2 N–H and O–H groups in total. The Morgan fingerprint density at radius 2 is 2.00 bits per heavy atom. The summed E-state index contributed by atoms with van der Waals surface area (Å²) in [5, 5.41) is 8.86. The zero-order chi connectivity index (χ0) is 11.9. The monoisotopic (exact) mass is 229 g/mol. The van der Waals surface area contributed by atoms with Crippen molar-refractivity contribution in [3.63, 3.8) is 0 Å². The predicted octanol–water partition coefficient (Wildman–Crippen LogP) is 2.88. The lowest BCUT2D eigenvalue weighted by Crippen LogP contribution is -2.04. The minimum Gasteiger partial charge on any atom is -0.478 e. The van der Waals surface area contributed by atoms with Gasteiger partial charge in [-0.2, -0.15) is 13.2 Å². The second-order valence-corrected chi connectivity index (χ2v) is 3.25. The first kappa shape index (κ1) is 10.5. The maximum atomic E-state index is 12.4. The van der Waals surface area contributed by atoms with Gasteiger partial charge in [-0.15, -0.1) is 0 Å². The number of rotatable bonds is 1. The number of aromatic amines is 1. The summed E-state index contributed by atoms with van der Waals surface area (Å²) in [6.45, 7) is 0. The van der Waals surface area contributed by atoms with Crippen LogP contribution < -0.4 is 0 Å². The number of carboxylic acid groups (broad SMARTS) is 1. The van der Waals surface area contributed by atoms with Crippen LogP contribution in [0.4, 0.5) is 13.2 Å². The zero-order valence-electron chi connectivity index (χ0n) is 7.80. The molecule has 0 saturated carbocycles. The standard InChI is InChI=1S/C10H6F3NO2/c11-10(12,13)8-4-6-5(9(15)16)2-1-3-7(6)14-8/h1-4,14H,(H,15,16). The van der Waals surface area contributed by atoms with Crippen molar-refractivity contribution in [3.8, 4) is 0 Å². The molecule has 0 saturated heterocycles. The molecule has 1 heterocycles. The smallest absolute Gasteiger partial charge is 0.431 e. The van der Waals surface area contributed by atoms with Crippen LogP contribution >= 0.6 is 0 Å². The summed E-state index contributed by atoms with van der Waals surface area (Å²) in [6.07, 6.45) is -4.51. The maximum Gasteiger partial charge on any atom is 0.431 e. The van der Waals surface area contributed by atoms with Crippen LogP contribution in [-0.2, 0) is 6.18 Å². The van der Waals surface area contributed by atoms with Crippen molar-refractivity contribution < 1.29 is 23.1 Å². The van der Waals surface area contributed by atoms with E-state index in [1.165, 1.54) is 18.2 Å². The van der Waals surface area contributed by atoms with Crippen LogP contribution in [0.25, 0.3) is 10.9 Å². The largest absolute Gasteiger partial charge is 0.478 e. The molecule has 16 heavy (non-hydrogen) atoms. The molecule has 1 aromatic carbocycles. The second-order valence-electron chi connectivity index (χ2n) is 3.25. The molecule has 0 spiro atoms. The number of alkyl halides is 3. The number of aromatic carboxylic acids is 1. The lowest BCUT2D eigenvalue weighted by atomic mass is 10.1. The summed E-state index contributed by atoms with van der Waals surface area (Å²) in [5.74, 6) is -1.25. The summed E-state index contributed by atoms with van der Waals surface area (Å²) in [6, 6.07) is 4.86. The number of benzene rings is 1. The average Bonchev–Trinajstić information content (AvgIpc) is 2.59. The van der Waals surface area contributed by atoms with Crippen LogP contribution in [0.5, 0.6) is 0 Å². The molecule has 0 radical (unpaired) electrons. The number of carbonyl (C=O) groups is 1. The summed E-state index contributed by atoms with van der Waals surface area (Å²) in [7, 11) is 0. The summed E-state index contributed by atoms with van der Waals surface area (Å²) >= 11 is 0. The van der Waals surface area contributed by atoms with E-state index < -0.39 is 17.8 Å². The number of aromatic nitrogens is 1. The first-order valence-corrected chi connectivity index (χ1v) is 4.32. The molecule has 0 atom stereocenters. The first-order valence-electron chi connectivity index (χ1n) is 4.32. The van der Waals surface area contributed by atoms with Crippen LogP contribution in [0.1, 0.15) is 16.1 Å². The first-order chi connectivity index (χ1) is 7.39. The Kier molecular flexibility index (Phi) is 2.15. The van der Waals surface area contributed by atoms with Gasteiger partial charge in [0.15, 0.2) is 0 Å². The number of hydrogen-bond donors (Lipinski definition) is 2. The number of hydrogen-bond acceptors (Lipinski definition) is 1. The Hall–Kier alpha value is -1.98.